The van der Waals surface area contributed by atoms with E-state index in [1.807, 2.05) is 0 Å². The van der Waals surface area contributed by atoms with Gasteiger partial charge in [0, 0.05) is 11.1 Å². The van der Waals surface area contributed by atoms with Crippen LogP contribution in [0.4, 0.5) is 32.2 Å². The van der Waals surface area contributed by atoms with E-state index in [1.165, 1.54) is 0 Å². The molecule has 1 heterocycles. The zero-order chi connectivity index (χ0) is 15.7. The molecule has 0 unspecified atom stereocenters. The van der Waals surface area contributed by atoms with E-state index in [4.69, 9.17) is 0 Å². The van der Waals surface area contributed by atoms with Crippen LogP contribution >= 0.6 is 0 Å². The van der Waals surface area contributed by atoms with Gasteiger partial charge in [0.2, 0.25) is 5.75 Å². The van der Waals surface area contributed by atoms with Gasteiger partial charge in [-0.05, 0) is 4.92 Å². The molecule has 112 valence electrons. The highest BCUT2D eigenvalue weighted by molar-refractivity contribution is 5.47. The summed E-state index contributed by atoms with van der Waals surface area (Å²) < 4.78 is 81.0. The first kappa shape index (κ1) is 15.8. The molecule has 0 saturated heterocycles. The zero-order valence-corrected chi connectivity index (χ0v) is 9.37. The van der Waals surface area contributed by atoms with Gasteiger partial charge >= 0.3 is 24.2 Å². The van der Waals surface area contributed by atoms with Crippen molar-refractivity contribution in [2.75, 3.05) is 7.11 Å². The quantitative estimate of drug-likeness (QED) is 0.487. The summed E-state index contributed by atoms with van der Waals surface area (Å²) in [4.78, 5) is 11.8. The summed E-state index contributed by atoms with van der Waals surface area (Å²) in [5.41, 5.74) is -1.95. The smallest absolute Gasteiger partial charge is 0.489 e. The van der Waals surface area contributed by atoms with Crippen molar-refractivity contribution in [1.82, 2.24) is 4.98 Å². The Kier molecular flexibility index (Phi) is 3.96. The third-order valence-corrected chi connectivity index (χ3v) is 1.84. The number of ether oxygens (including phenoxy) is 2. The Bertz CT molecular complexity index is 527. The van der Waals surface area contributed by atoms with E-state index in [9.17, 15) is 36.5 Å². The van der Waals surface area contributed by atoms with Crippen molar-refractivity contribution in [2.45, 2.75) is 12.5 Å². The number of aromatic nitrogens is 1. The normalized spacial score (nSPS) is 12.2. The minimum absolute atomic E-state index is 0.00616. The molecule has 0 aliphatic heterocycles. The summed E-state index contributed by atoms with van der Waals surface area (Å²) in [6.07, 6.45) is -10.8. The number of hydrogen-bond acceptors (Lipinski definition) is 5. The predicted octanol–water partition coefficient (Wildman–Crippen LogP) is 2.92. The summed E-state index contributed by atoms with van der Waals surface area (Å²) in [6.45, 7) is 0. The van der Waals surface area contributed by atoms with Crippen LogP contribution in [0.3, 0.4) is 0 Å². The van der Waals surface area contributed by atoms with E-state index < -0.39 is 40.5 Å². The molecule has 6 nitrogen and oxygen atoms in total. The number of rotatable bonds is 3. The Labute approximate surface area is 106 Å². The molecular weight excluding hydrogens is 302 g/mol. The van der Waals surface area contributed by atoms with Crippen molar-refractivity contribution in [2.24, 2.45) is 0 Å². The first-order valence-corrected chi connectivity index (χ1v) is 4.52. The number of nitro groups is 1. The summed E-state index contributed by atoms with van der Waals surface area (Å²) in [5, 5.41) is 10.5. The fourth-order valence-electron chi connectivity index (χ4n) is 1.14. The summed E-state index contributed by atoms with van der Waals surface area (Å²) in [7, 11) is 0.800. The van der Waals surface area contributed by atoms with Gasteiger partial charge in [-0.1, -0.05) is 0 Å². The molecule has 0 aliphatic rings. The SMILES string of the molecule is COc1cc(C(F)(F)F)c(OC(F)(F)F)nc1[N+](=O)[O-]. The minimum atomic E-state index is -5.49. The lowest BCUT2D eigenvalue weighted by molar-refractivity contribution is -0.391. The van der Waals surface area contributed by atoms with Crippen LogP contribution in [0.25, 0.3) is 0 Å². The Morgan fingerprint density at radius 1 is 1.25 bits per heavy atom. The fourth-order valence-corrected chi connectivity index (χ4v) is 1.14. The summed E-state index contributed by atoms with van der Waals surface area (Å²) in [6, 6.07) is 0.00616. The molecule has 0 saturated carbocycles. The molecule has 0 aliphatic carbocycles. The molecule has 0 N–H and O–H groups in total. The van der Waals surface area contributed by atoms with Crippen LogP contribution in [0, 0.1) is 10.1 Å². The molecule has 0 amide bonds. The van der Waals surface area contributed by atoms with Crippen molar-refractivity contribution < 1.29 is 40.7 Å². The molecule has 20 heavy (non-hydrogen) atoms. The number of methoxy groups -OCH3 is 1. The lowest BCUT2D eigenvalue weighted by atomic mass is 10.2. The number of halogens is 6. The highest BCUT2D eigenvalue weighted by Crippen LogP contribution is 2.41. The molecule has 1 aromatic rings. The van der Waals surface area contributed by atoms with Crippen LogP contribution in [0.5, 0.6) is 11.6 Å². The first-order valence-electron chi connectivity index (χ1n) is 4.52. The van der Waals surface area contributed by atoms with Gasteiger partial charge in [-0.2, -0.15) is 13.2 Å². The van der Waals surface area contributed by atoms with Gasteiger partial charge < -0.3 is 19.6 Å². The third kappa shape index (κ3) is 3.61. The van der Waals surface area contributed by atoms with Crippen molar-refractivity contribution >= 4 is 5.82 Å². The Morgan fingerprint density at radius 2 is 1.80 bits per heavy atom. The number of pyridine rings is 1. The predicted molar refractivity (Wildman–Crippen MR) is 49.1 cm³/mol. The largest absolute Gasteiger partial charge is 0.575 e. The van der Waals surface area contributed by atoms with E-state index in [1.54, 1.807) is 0 Å². The third-order valence-electron chi connectivity index (χ3n) is 1.84. The van der Waals surface area contributed by atoms with Gasteiger partial charge in [0.05, 0.1) is 7.11 Å². The maximum Gasteiger partial charge on any atom is 0.575 e. The molecule has 0 fully saturated rings. The lowest BCUT2D eigenvalue weighted by Crippen LogP contribution is -2.21. The van der Waals surface area contributed by atoms with Crippen molar-refractivity contribution in [3.8, 4) is 11.6 Å². The average molecular weight is 306 g/mol. The second-order valence-corrected chi connectivity index (χ2v) is 3.17. The van der Waals surface area contributed by atoms with Gasteiger partial charge in [0.1, 0.15) is 5.56 Å². The van der Waals surface area contributed by atoms with E-state index in [-0.39, 0.29) is 6.07 Å². The maximum absolute atomic E-state index is 12.6. The topological polar surface area (TPSA) is 74.5 Å². The van der Waals surface area contributed by atoms with E-state index in [0.29, 0.717) is 0 Å². The second-order valence-electron chi connectivity index (χ2n) is 3.17. The van der Waals surface area contributed by atoms with Gasteiger partial charge in [0.15, 0.2) is 0 Å². The molecule has 0 aromatic carbocycles. The van der Waals surface area contributed by atoms with Crippen molar-refractivity contribution in [3.05, 3.63) is 21.7 Å². The van der Waals surface area contributed by atoms with E-state index in [2.05, 4.69) is 14.5 Å². The highest BCUT2D eigenvalue weighted by atomic mass is 19.4. The van der Waals surface area contributed by atoms with Gasteiger partial charge in [0.25, 0.3) is 0 Å². The van der Waals surface area contributed by atoms with Crippen molar-refractivity contribution in [1.29, 1.82) is 0 Å². The molecule has 0 spiro atoms. The molecule has 12 heteroatoms. The van der Waals surface area contributed by atoms with E-state index in [0.717, 1.165) is 7.11 Å². The number of nitrogens with zero attached hydrogens (tertiary/aromatic N) is 2. The maximum atomic E-state index is 12.6. The van der Waals surface area contributed by atoms with Crippen LogP contribution in [0.2, 0.25) is 0 Å². The van der Waals surface area contributed by atoms with Gasteiger partial charge in [-0.15, -0.1) is 13.2 Å². The number of hydrogen-bond donors (Lipinski definition) is 0. The van der Waals surface area contributed by atoms with Gasteiger partial charge in [-0.25, -0.2) is 0 Å². The van der Waals surface area contributed by atoms with Crippen molar-refractivity contribution in [3.63, 3.8) is 0 Å². The first-order chi connectivity index (χ1) is 8.95. The summed E-state index contributed by atoms with van der Waals surface area (Å²) >= 11 is 0. The van der Waals surface area contributed by atoms with Gasteiger partial charge in [-0.3, -0.25) is 0 Å². The second kappa shape index (κ2) is 5.02. The van der Waals surface area contributed by atoms with Crippen LogP contribution in [0.15, 0.2) is 6.07 Å². The molecule has 1 aromatic heterocycles. The Morgan fingerprint density at radius 3 is 2.15 bits per heavy atom. The monoisotopic (exact) mass is 306 g/mol. The Hall–Kier alpha value is -2.27. The number of alkyl halides is 6. The molecule has 1 rings (SSSR count). The zero-order valence-electron chi connectivity index (χ0n) is 9.37. The molecule has 0 radical (unpaired) electrons. The Balaban J connectivity index is 3.52. The fraction of sp³-hybridized carbons (Fsp3) is 0.375. The average Bonchev–Trinajstić information content (AvgIpc) is 2.24. The lowest BCUT2D eigenvalue weighted by Gasteiger charge is -2.12. The van der Waals surface area contributed by atoms with Crippen LogP contribution in [-0.2, 0) is 6.18 Å². The van der Waals surface area contributed by atoms with E-state index >= 15 is 0 Å². The molecular formula is C8H4F6N2O4. The standard InChI is InChI=1S/C8H4F6N2O4/c1-19-4-2-3(7(9,10)11)6(20-8(12,13)14)15-5(4)16(17)18/h2H,1H3. The minimum Gasteiger partial charge on any atom is -0.489 e. The van der Waals surface area contributed by atoms with Crippen LogP contribution in [-0.4, -0.2) is 23.4 Å². The van der Waals surface area contributed by atoms with Crippen LogP contribution in [0.1, 0.15) is 5.56 Å². The highest BCUT2D eigenvalue weighted by Gasteiger charge is 2.45. The molecule has 0 atom stereocenters. The van der Waals surface area contributed by atoms with Crippen LogP contribution < -0.4 is 9.47 Å². The molecule has 0 bridgehead atoms. The summed E-state index contributed by atoms with van der Waals surface area (Å²) in [5.74, 6) is -4.26.